The molecule has 0 amide bonds. The minimum Gasteiger partial charge on any atom is -0.302 e. The Balaban J connectivity index is 1.62. The van der Waals surface area contributed by atoms with Gasteiger partial charge in [0.15, 0.2) is 9.84 Å². The van der Waals surface area contributed by atoms with E-state index in [1.165, 1.54) is 38.5 Å². The lowest BCUT2D eigenvalue weighted by Gasteiger charge is -2.47. The number of hydrogen-bond acceptors (Lipinski definition) is 4. The first kappa shape index (κ1) is 13.8. The van der Waals surface area contributed by atoms with Crippen molar-refractivity contribution in [1.82, 2.24) is 9.80 Å². The van der Waals surface area contributed by atoms with Gasteiger partial charge in [0.1, 0.15) is 0 Å². The molecule has 0 spiro atoms. The van der Waals surface area contributed by atoms with Gasteiger partial charge in [0, 0.05) is 12.6 Å². The summed E-state index contributed by atoms with van der Waals surface area (Å²) in [5, 5.41) is -0.108. The zero-order valence-electron chi connectivity index (χ0n) is 11.8. The molecule has 2 atom stereocenters. The molecule has 0 bridgehead atoms. The van der Waals surface area contributed by atoms with E-state index < -0.39 is 9.84 Å². The minimum absolute atomic E-state index is 0.108. The van der Waals surface area contributed by atoms with Crippen molar-refractivity contribution in [1.29, 1.82) is 0 Å². The van der Waals surface area contributed by atoms with E-state index in [1.54, 1.807) is 0 Å². The topological polar surface area (TPSA) is 40.6 Å². The van der Waals surface area contributed by atoms with E-state index in [0.29, 0.717) is 11.8 Å². The molecule has 3 rings (SSSR count). The van der Waals surface area contributed by atoms with Crippen LogP contribution in [0.2, 0.25) is 0 Å². The standard InChI is InChI=1S/C14H26N2O2S/c17-19(18)12-13(16-9-5-2-6-10-16)14(19)11-15-7-3-1-4-8-15/h13-14H,1-12H2/t13-,14-/m0/s1. The average Bonchev–Trinajstić information content (AvgIpc) is 2.45. The first-order chi connectivity index (χ1) is 9.17. The fourth-order valence-corrected chi connectivity index (χ4v) is 5.80. The summed E-state index contributed by atoms with van der Waals surface area (Å²) in [4.78, 5) is 4.82. The van der Waals surface area contributed by atoms with Gasteiger partial charge >= 0.3 is 0 Å². The molecule has 4 nitrogen and oxygen atoms in total. The molecule has 3 aliphatic rings. The SMILES string of the molecule is O=S1(=O)C[C@H](N2CCCCC2)[C@@H]1CN1CCCCC1. The van der Waals surface area contributed by atoms with Gasteiger partial charge in [-0.1, -0.05) is 12.8 Å². The number of likely N-dealkylation sites (tertiary alicyclic amines) is 2. The predicted octanol–water partition coefficient (Wildman–Crippen LogP) is 1.12. The average molecular weight is 286 g/mol. The third-order valence-electron chi connectivity index (χ3n) is 5.04. The molecule has 0 radical (unpaired) electrons. The molecule has 0 unspecified atom stereocenters. The van der Waals surface area contributed by atoms with Crippen molar-refractivity contribution >= 4 is 9.84 Å². The highest BCUT2D eigenvalue weighted by molar-refractivity contribution is 7.93. The Morgan fingerprint density at radius 3 is 2.00 bits per heavy atom. The van der Waals surface area contributed by atoms with Crippen molar-refractivity contribution in [3.8, 4) is 0 Å². The van der Waals surface area contributed by atoms with E-state index in [9.17, 15) is 8.42 Å². The molecular weight excluding hydrogens is 260 g/mol. The van der Waals surface area contributed by atoms with E-state index in [0.717, 1.165) is 32.7 Å². The Morgan fingerprint density at radius 2 is 1.42 bits per heavy atom. The van der Waals surface area contributed by atoms with Crippen molar-refractivity contribution in [3.63, 3.8) is 0 Å². The molecule has 0 aromatic heterocycles. The Morgan fingerprint density at radius 1 is 0.842 bits per heavy atom. The van der Waals surface area contributed by atoms with Crippen molar-refractivity contribution in [3.05, 3.63) is 0 Å². The number of rotatable bonds is 3. The highest BCUT2D eigenvalue weighted by Gasteiger charge is 2.49. The summed E-state index contributed by atoms with van der Waals surface area (Å²) in [5.74, 6) is 0.408. The normalized spacial score (nSPS) is 36.8. The summed E-state index contributed by atoms with van der Waals surface area (Å²) in [6, 6.07) is 0.312. The summed E-state index contributed by atoms with van der Waals surface area (Å²) in [6.45, 7) is 5.19. The molecule has 3 fully saturated rings. The Bertz CT molecular complexity index is 398. The summed E-state index contributed by atoms with van der Waals surface area (Å²) in [7, 11) is -2.80. The molecule has 3 heterocycles. The molecule has 5 heteroatoms. The van der Waals surface area contributed by atoms with Gasteiger partial charge < -0.3 is 4.90 Å². The van der Waals surface area contributed by atoms with Gasteiger partial charge in [-0.05, 0) is 51.9 Å². The summed E-state index contributed by atoms with van der Waals surface area (Å²) < 4.78 is 24.2. The van der Waals surface area contributed by atoms with Crippen LogP contribution in [0.15, 0.2) is 0 Å². The lowest BCUT2D eigenvalue weighted by Crippen LogP contribution is -2.64. The zero-order valence-corrected chi connectivity index (χ0v) is 12.6. The zero-order chi connectivity index (χ0) is 13.3. The van der Waals surface area contributed by atoms with Gasteiger partial charge in [0.2, 0.25) is 0 Å². The van der Waals surface area contributed by atoms with Gasteiger partial charge in [0.05, 0.1) is 11.0 Å². The van der Waals surface area contributed by atoms with Gasteiger partial charge in [-0.25, -0.2) is 8.42 Å². The predicted molar refractivity (Wildman–Crippen MR) is 77.1 cm³/mol. The molecule has 0 aromatic carbocycles. The number of nitrogens with zero attached hydrogens (tertiary/aromatic N) is 2. The molecule has 110 valence electrons. The maximum absolute atomic E-state index is 12.1. The second-order valence-corrected chi connectivity index (χ2v) is 8.66. The summed E-state index contributed by atoms with van der Waals surface area (Å²) in [5.41, 5.74) is 0. The number of piperidine rings is 2. The fraction of sp³-hybridized carbons (Fsp3) is 1.00. The Hall–Kier alpha value is -0.130. The van der Waals surface area contributed by atoms with Gasteiger partial charge in [-0.3, -0.25) is 4.90 Å². The minimum atomic E-state index is -2.80. The van der Waals surface area contributed by atoms with Crippen LogP contribution < -0.4 is 0 Å². The number of sulfone groups is 1. The highest BCUT2D eigenvalue weighted by Crippen LogP contribution is 2.30. The lowest BCUT2D eigenvalue weighted by molar-refractivity contribution is 0.134. The van der Waals surface area contributed by atoms with Gasteiger partial charge in [0.25, 0.3) is 0 Å². The third kappa shape index (κ3) is 2.98. The van der Waals surface area contributed by atoms with Gasteiger partial charge in [-0.15, -0.1) is 0 Å². The van der Waals surface area contributed by atoms with E-state index in [4.69, 9.17) is 0 Å². The van der Waals surface area contributed by atoms with Crippen LogP contribution in [0.1, 0.15) is 38.5 Å². The van der Waals surface area contributed by atoms with Crippen molar-refractivity contribution in [2.75, 3.05) is 38.5 Å². The fourth-order valence-electron chi connectivity index (χ4n) is 3.81. The van der Waals surface area contributed by atoms with Crippen molar-refractivity contribution < 1.29 is 8.42 Å². The maximum atomic E-state index is 12.1. The van der Waals surface area contributed by atoms with E-state index in [1.807, 2.05) is 0 Å². The summed E-state index contributed by atoms with van der Waals surface area (Å²) >= 11 is 0. The Kier molecular flexibility index (Phi) is 4.15. The maximum Gasteiger partial charge on any atom is 0.157 e. The molecule has 3 aliphatic heterocycles. The second kappa shape index (κ2) is 5.70. The quantitative estimate of drug-likeness (QED) is 0.780. The van der Waals surface area contributed by atoms with Crippen LogP contribution in [-0.2, 0) is 9.84 Å². The van der Waals surface area contributed by atoms with E-state index in [-0.39, 0.29) is 5.25 Å². The Labute approximate surface area is 117 Å². The first-order valence-electron chi connectivity index (χ1n) is 7.85. The second-order valence-electron chi connectivity index (χ2n) is 6.39. The molecule has 0 saturated carbocycles. The monoisotopic (exact) mass is 286 g/mol. The highest BCUT2D eigenvalue weighted by atomic mass is 32.2. The molecule has 19 heavy (non-hydrogen) atoms. The largest absolute Gasteiger partial charge is 0.302 e. The first-order valence-corrected chi connectivity index (χ1v) is 9.56. The molecular formula is C14H26N2O2S. The third-order valence-corrected chi connectivity index (χ3v) is 7.23. The van der Waals surface area contributed by atoms with Crippen LogP contribution >= 0.6 is 0 Å². The molecule has 0 aliphatic carbocycles. The number of hydrogen-bond donors (Lipinski definition) is 0. The van der Waals surface area contributed by atoms with Crippen LogP contribution in [0.3, 0.4) is 0 Å². The smallest absolute Gasteiger partial charge is 0.157 e. The van der Waals surface area contributed by atoms with Crippen LogP contribution in [-0.4, -0.2) is 68.0 Å². The molecule has 0 N–H and O–H groups in total. The van der Waals surface area contributed by atoms with Gasteiger partial charge in [-0.2, -0.15) is 0 Å². The molecule has 0 aromatic rings. The van der Waals surface area contributed by atoms with E-state index in [2.05, 4.69) is 9.80 Å². The van der Waals surface area contributed by atoms with Crippen molar-refractivity contribution in [2.24, 2.45) is 0 Å². The lowest BCUT2D eigenvalue weighted by atomic mass is 10.0. The molecule has 3 saturated heterocycles. The van der Waals surface area contributed by atoms with Crippen LogP contribution in [0.4, 0.5) is 0 Å². The summed E-state index contributed by atoms with van der Waals surface area (Å²) in [6.07, 6.45) is 7.58. The van der Waals surface area contributed by atoms with Crippen LogP contribution in [0, 0.1) is 0 Å². The van der Waals surface area contributed by atoms with E-state index >= 15 is 0 Å². The van der Waals surface area contributed by atoms with Crippen LogP contribution in [0.5, 0.6) is 0 Å². The van der Waals surface area contributed by atoms with Crippen LogP contribution in [0.25, 0.3) is 0 Å². The van der Waals surface area contributed by atoms with Crippen molar-refractivity contribution in [2.45, 2.75) is 49.8 Å².